The van der Waals surface area contributed by atoms with Gasteiger partial charge in [-0.15, -0.1) is 5.10 Å². The summed E-state index contributed by atoms with van der Waals surface area (Å²) in [4.78, 5) is 16.0. The Kier molecular flexibility index (Phi) is 3.30. The summed E-state index contributed by atoms with van der Waals surface area (Å²) in [6, 6.07) is 3.16. The number of cyclic esters (lactones) is 1. The van der Waals surface area contributed by atoms with E-state index in [1.807, 2.05) is 24.2 Å². The first-order valence-corrected chi connectivity index (χ1v) is 9.49. The summed E-state index contributed by atoms with van der Waals surface area (Å²) in [6.45, 7) is 1.63. The Labute approximate surface area is 165 Å². The normalized spacial score (nSPS) is 22.1. The average Bonchev–Trinajstić information content (AvgIpc) is 3.44. The van der Waals surface area contributed by atoms with Gasteiger partial charge in [0.25, 0.3) is 0 Å². The number of ether oxygens (including phenoxy) is 1. The van der Waals surface area contributed by atoms with Crippen molar-refractivity contribution in [2.24, 2.45) is 7.05 Å². The minimum absolute atomic E-state index is 0.171. The number of nitrogens with zero attached hydrogens (tertiary/aromatic N) is 7. The van der Waals surface area contributed by atoms with Crippen molar-refractivity contribution in [1.29, 1.82) is 0 Å². The van der Waals surface area contributed by atoms with Gasteiger partial charge in [0, 0.05) is 37.6 Å². The van der Waals surface area contributed by atoms with Gasteiger partial charge in [-0.05, 0) is 18.1 Å². The van der Waals surface area contributed by atoms with Gasteiger partial charge in [0.05, 0.1) is 42.4 Å². The summed E-state index contributed by atoms with van der Waals surface area (Å²) >= 11 is 0. The SMILES string of the molecule is Cn1cc2c(n1)CN(c1cc3c(cc1F)N1C(=O)O[C@@H](Cn4ccnn4)[C@@H]1C3)C2. The third kappa shape index (κ3) is 2.44. The number of carbonyl (C=O) groups excluding carboxylic acids is 1. The van der Waals surface area contributed by atoms with E-state index in [-0.39, 0.29) is 18.0 Å². The van der Waals surface area contributed by atoms with Crippen LogP contribution in [0.1, 0.15) is 16.8 Å². The molecule has 3 aliphatic rings. The van der Waals surface area contributed by atoms with Gasteiger partial charge in [0.2, 0.25) is 0 Å². The van der Waals surface area contributed by atoms with Crippen LogP contribution in [0.5, 0.6) is 0 Å². The lowest BCUT2D eigenvalue weighted by Crippen LogP contribution is -2.35. The maximum atomic E-state index is 15.0. The average molecular weight is 395 g/mol. The van der Waals surface area contributed by atoms with Crippen LogP contribution < -0.4 is 9.80 Å². The highest BCUT2D eigenvalue weighted by atomic mass is 19.1. The van der Waals surface area contributed by atoms with Crippen LogP contribution in [0.3, 0.4) is 0 Å². The van der Waals surface area contributed by atoms with Gasteiger partial charge in [-0.1, -0.05) is 5.21 Å². The van der Waals surface area contributed by atoms with Gasteiger partial charge in [-0.25, -0.2) is 13.9 Å². The standard InChI is InChI=1S/C19H18FN7O2/c1-24-7-12-8-25(9-14(12)22-24)16-4-11-5-17-18(10-26-3-2-21-23-26)29-19(28)27(17)15(11)6-13(16)20/h2-4,6-7,17-18H,5,8-10H2,1H3/t17-,18-/m0/s1. The molecule has 148 valence electrons. The van der Waals surface area contributed by atoms with Gasteiger partial charge < -0.3 is 9.64 Å². The molecule has 0 aliphatic carbocycles. The number of rotatable bonds is 3. The summed E-state index contributed by atoms with van der Waals surface area (Å²) in [5, 5.41) is 12.2. The van der Waals surface area contributed by atoms with Crippen molar-refractivity contribution in [2.45, 2.75) is 38.2 Å². The molecule has 1 aromatic carbocycles. The Morgan fingerprint density at radius 3 is 2.93 bits per heavy atom. The largest absolute Gasteiger partial charge is 0.442 e. The van der Waals surface area contributed by atoms with E-state index in [4.69, 9.17) is 4.74 Å². The fraction of sp³-hybridized carbons (Fsp3) is 0.368. The smallest absolute Gasteiger partial charge is 0.415 e. The van der Waals surface area contributed by atoms with E-state index in [9.17, 15) is 4.79 Å². The predicted molar refractivity (Wildman–Crippen MR) is 99.8 cm³/mol. The molecule has 1 saturated heterocycles. The number of hydrogen-bond acceptors (Lipinski definition) is 6. The van der Waals surface area contributed by atoms with Crippen LogP contribution in [0.2, 0.25) is 0 Å². The molecular weight excluding hydrogens is 377 g/mol. The predicted octanol–water partition coefficient (Wildman–Crippen LogP) is 1.62. The zero-order valence-corrected chi connectivity index (χ0v) is 15.7. The number of fused-ring (bicyclic) bond motifs is 4. The zero-order chi connectivity index (χ0) is 19.7. The molecule has 3 aromatic rings. The topological polar surface area (TPSA) is 81.3 Å². The molecule has 0 unspecified atom stereocenters. The Morgan fingerprint density at radius 1 is 1.24 bits per heavy atom. The van der Waals surface area contributed by atoms with Crippen LogP contribution in [-0.4, -0.2) is 43.0 Å². The second-order valence-corrected chi connectivity index (χ2v) is 7.75. The van der Waals surface area contributed by atoms with Crippen molar-refractivity contribution in [3.63, 3.8) is 0 Å². The fourth-order valence-corrected chi connectivity index (χ4v) is 4.65. The summed E-state index contributed by atoms with van der Waals surface area (Å²) in [7, 11) is 1.89. The van der Waals surface area contributed by atoms with Crippen molar-refractivity contribution < 1.29 is 13.9 Å². The number of amides is 1. The number of halogens is 1. The highest BCUT2D eigenvalue weighted by Gasteiger charge is 2.48. The number of carbonyl (C=O) groups is 1. The Morgan fingerprint density at radius 2 is 2.14 bits per heavy atom. The first-order chi connectivity index (χ1) is 14.1. The highest BCUT2D eigenvalue weighted by Crippen LogP contribution is 2.42. The van der Waals surface area contributed by atoms with Crippen molar-refractivity contribution in [3.8, 4) is 0 Å². The summed E-state index contributed by atoms with van der Waals surface area (Å²) < 4.78 is 24.0. The Hall–Kier alpha value is -3.43. The van der Waals surface area contributed by atoms with Crippen molar-refractivity contribution in [3.05, 3.63) is 53.4 Å². The number of anilines is 2. The van der Waals surface area contributed by atoms with Crippen molar-refractivity contribution >= 4 is 17.5 Å². The maximum Gasteiger partial charge on any atom is 0.415 e. The lowest BCUT2D eigenvalue weighted by molar-refractivity contribution is 0.117. The van der Waals surface area contributed by atoms with Gasteiger partial charge in [0.15, 0.2) is 0 Å². The first-order valence-electron chi connectivity index (χ1n) is 9.49. The van der Waals surface area contributed by atoms with E-state index < -0.39 is 6.09 Å². The lowest BCUT2D eigenvalue weighted by Gasteiger charge is -2.20. The molecule has 0 spiro atoms. The van der Waals surface area contributed by atoms with Crippen molar-refractivity contribution in [2.75, 3.05) is 9.80 Å². The molecule has 9 nitrogen and oxygen atoms in total. The second-order valence-electron chi connectivity index (χ2n) is 7.75. The van der Waals surface area contributed by atoms with Crippen LogP contribution in [0.15, 0.2) is 30.7 Å². The summed E-state index contributed by atoms with van der Waals surface area (Å²) in [6.07, 6.45) is 5.11. The van der Waals surface area contributed by atoms with E-state index in [0.717, 1.165) is 16.8 Å². The van der Waals surface area contributed by atoms with Gasteiger partial charge >= 0.3 is 6.09 Å². The Balaban J connectivity index is 1.29. The monoisotopic (exact) mass is 395 g/mol. The molecule has 5 heterocycles. The highest BCUT2D eigenvalue weighted by molar-refractivity contribution is 5.94. The number of aryl methyl sites for hydroxylation is 1. The van der Waals surface area contributed by atoms with E-state index in [0.29, 0.717) is 37.4 Å². The van der Waals surface area contributed by atoms with Crippen LogP contribution >= 0.6 is 0 Å². The van der Waals surface area contributed by atoms with E-state index in [1.165, 1.54) is 6.07 Å². The number of aromatic nitrogens is 5. The van der Waals surface area contributed by atoms with Gasteiger partial charge in [-0.3, -0.25) is 9.58 Å². The molecule has 6 rings (SSSR count). The molecule has 2 atom stereocenters. The maximum absolute atomic E-state index is 15.0. The molecule has 10 heteroatoms. The molecule has 0 N–H and O–H groups in total. The van der Waals surface area contributed by atoms with Crippen LogP contribution in [0.25, 0.3) is 0 Å². The minimum atomic E-state index is -0.440. The molecule has 1 fully saturated rings. The minimum Gasteiger partial charge on any atom is -0.442 e. The lowest BCUT2D eigenvalue weighted by atomic mass is 10.0. The molecule has 2 aromatic heterocycles. The fourth-order valence-electron chi connectivity index (χ4n) is 4.65. The van der Waals surface area contributed by atoms with Gasteiger partial charge in [0.1, 0.15) is 11.9 Å². The quantitative estimate of drug-likeness (QED) is 0.670. The zero-order valence-electron chi connectivity index (χ0n) is 15.7. The molecule has 0 bridgehead atoms. The van der Waals surface area contributed by atoms with E-state index in [2.05, 4.69) is 15.4 Å². The molecular formula is C19H18FN7O2. The number of benzene rings is 1. The molecule has 3 aliphatic heterocycles. The van der Waals surface area contributed by atoms with Crippen LogP contribution in [0, 0.1) is 5.82 Å². The van der Waals surface area contributed by atoms with Crippen LogP contribution in [0.4, 0.5) is 20.6 Å². The number of hydrogen-bond donors (Lipinski definition) is 0. The third-order valence-electron chi connectivity index (χ3n) is 5.92. The molecule has 0 saturated carbocycles. The van der Waals surface area contributed by atoms with Gasteiger partial charge in [-0.2, -0.15) is 5.10 Å². The molecule has 0 radical (unpaired) electrons. The van der Waals surface area contributed by atoms with Crippen LogP contribution in [-0.2, 0) is 37.8 Å². The van der Waals surface area contributed by atoms with Crippen molar-refractivity contribution in [1.82, 2.24) is 24.8 Å². The second kappa shape index (κ2) is 5.79. The summed E-state index contributed by atoms with van der Waals surface area (Å²) in [5.74, 6) is -0.341. The molecule has 29 heavy (non-hydrogen) atoms. The summed E-state index contributed by atoms with van der Waals surface area (Å²) in [5.41, 5.74) is 4.19. The first kappa shape index (κ1) is 16.5. The third-order valence-corrected chi connectivity index (χ3v) is 5.92. The van der Waals surface area contributed by atoms with E-state index >= 15 is 4.39 Å². The molecule has 1 amide bonds. The Bertz CT molecular complexity index is 1100. The van der Waals surface area contributed by atoms with E-state index in [1.54, 1.807) is 26.7 Å².